The molecule has 1 fully saturated rings. The predicted molar refractivity (Wildman–Crippen MR) is 60.8 cm³/mol. The number of amides is 1. The first-order valence-electron chi connectivity index (χ1n) is 5.27. The molecule has 1 aromatic rings. The summed E-state index contributed by atoms with van der Waals surface area (Å²) in [7, 11) is 0. The summed E-state index contributed by atoms with van der Waals surface area (Å²) in [5, 5.41) is 2.71. The van der Waals surface area contributed by atoms with E-state index < -0.39 is 0 Å². The Kier molecular flexibility index (Phi) is 2.86. The maximum atomic E-state index is 11.8. The van der Waals surface area contributed by atoms with Crippen LogP contribution in [0.5, 0.6) is 0 Å². The molecule has 3 nitrogen and oxygen atoms in total. The van der Waals surface area contributed by atoms with Gasteiger partial charge in [0.2, 0.25) is 5.91 Å². The van der Waals surface area contributed by atoms with Crippen molar-refractivity contribution in [2.24, 2.45) is 5.92 Å². The van der Waals surface area contributed by atoms with E-state index in [-0.39, 0.29) is 17.6 Å². The van der Waals surface area contributed by atoms with E-state index in [2.05, 4.69) is 5.32 Å². The highest BCUT2D eigenvalue weighted by molar-refractivity contribution is 6.05. The van der Waals surface area contributed by atoms with Gasteiger partial charge in [0, 0.05) is 23.3 Å². The fraction of sp³-hybridized carbons (Fsp3) is 0.231. The van der Waals surface area contributed by atoms with Gasteiger partial charge in [0.25, 0.3) is 0 Å². The van der Waals surface area contributed by atoms with Crippen LogP contribution < -0.4 is 5.32 Å². The molecule has 0 spiro atoms. The van der Waals surface area contributed by atoms with E-state index in [9.17, 15) is 9.59 Å². The molecule has 1 aliphatic rings. The third kappa shape index (κ3) is 2.19. The molecule has 1 heterocycles. The minimum absolute atomic E-state index is 0.00730. The number of carbonyl (C=O) groups excluding carboxylic acids is 2. The highest BCUT2D eigenvalue weighted by atomic mass is 16.2. The number of ketones is 1. The standard InChI is InChI=1S/C13H13NO2/c1-9-7-11(14-13(9)16)8-12(15)10-5-3-2-4-6-10/h2-6,8-9H,7H2,1H3,(H,14,16)/b11-8+. The van der Waals surface area contributed by atoms with Crippen LogP contribution in [0.1, 0.15) is 23.7 Å². The molecule has 1 saturated heterocycles. The van der Waals surface area contributed by atoms with Crippen LogP contribution in [-0.4, -0.2) is 11.7 Å². The lowest BCUT2D eigenvalue weighted by molar-refractivity contribution is -0.121. The first kappa shape index (κ1) is 10.6. The molecule has 3 heteroatoms. The quantitative estimate of drug-likeness (QED) is 0.605. The summed E-state index contributed by atoms with van der Waals surface area (Å²) in [5.41, 5.74) is 1.36. The smallest absolute Gasteiger partial charge is 0.227 e. The highest BCUT2D eigenvalue weighted by Crippen LogP contribution is 2.18. The van der Waals surface area contributed by atoms with Gasteiger partial charge in [-0.3, -0.25) is 9.59 Å². The Balaban J connectivity index is 2.14. The molecule has 16 heavy (non-hydrogen) atoms. The van der Waals surface area contributed by atoms with Crippen molar-refractivity contribution in [3.63, 3.8) is 0 Å². The second kappa shape index (κ2) is 4.31. The summed E-state index contributed by atoms with van der Waals surface area (Å²) < 4.78 is 0. The van der Waals surface area contributed by atoms with Gasteiger partial charge in [-0.25, -0.2) is 0 Å². The van der Waals surface area contributed by atoms with Crippen molar-refractivity contribution in [1.29, 1.82) is 0 Å². The topological polar surface area (TPSA) is 46.2 Å². The number of nitrogens with one attached hydrogen (secondary N) is 1. The number of hydrogen-bond donors (Lipinski definition) is 1. The van der Waals surface area contributed by atoms with E-state index >= 15 is 0 Å². The van der Waals surface area contributed by atoms with Crippen molar-refractivity contribution in [2.75, 3.05) is 0 Å². The van der Waals surface area contributed by atoms with Crippen molar-refractivity contribution in [2.45, 2.75) is 13.3 Å². The molecule has 1 N–H and O–H groups in total. The average molecular weight is 215 g/mol. The van der Waals surface area contributed by atoms with E-state index in [1.807, 2.05) is 25.1 Å². The molecule has 0 bridgehead atoms. The van der Waals surface area contributed by atoms with E-state index in [0.29, 0.717) is 17.7 Å². The van der Waals surface area contributed by atoms with Crippen LogP contribution in [0.3, 0.4) is 0 Å². The maximum Gasteiger partial charge on any atom is 0.227 e. The normalized spacial score (nSPS) is 22.2. The number of benzene rings is 1. The molecule has 0 aliphatic carbocycles. The monoisotopic (exact) mass is 215 g/mol. The molecule has 0 saturated carbocycles. The summed E-state index contributed by atoms with van der Waals surface area (Å²) in [5.74, 6) is -0.105. The molecular weight excluding hydrogens is 202 g/mol. The number of rotatable bonds is 2. The second-order valence-electron chi connectivity index (χ2n) is 3.99. The largest absolute Gasteiger partial charge is 0.329 e. The third-order valence-electron chi connectivity index (χ3n) is 2.62. The summed E-state index contributed by atoms with van der Waals surface area (Å²) in [4.78, 5) is 23.0. The van der Waals surface area contributed by atoms with Gasteiger partial charge in [-0.1, -0.05) is 37.3 Å². The maximum absolute atomic E-state index is 11.8. The van der Waals surface area contributed by atoms with Crippen molar-refractivity contribution in [3.05, 3.63) is 47.7 Å². The van der Waals surface area contributed by atoms with E-state index in [1.165, 1.54) is 6.08 Å². The molecule has 82 valence electrons. The molecule has 1 unspecified atom stereocenters. The fourth-order valence-electron chi connectivity index (χ4n) is 1.69. The zero-order valence-corrected chi connectivity index (χ0v) is 9.07. The summed E-state index contributed by atoms with van der Waals surface area (Å²) in [6.07, 6.45) is 2.13. The first-order chi connectivity index (χ1) is 7.66. The van der Waals surface area contributed by atoms with Crippen LogP contribution in [0.15, 0.2) is 42.1 Å². The number of carbonyl (C=O) groups is 2. The van der Waals surface area contributed by atoms with Gasteiger partial charge in [-0.05, 0) is 6.42 Å². The van der Waals surface area contributed by atoms with Gasteiger partial charge >= 0.3 is 0 Å². The Morgan fingerprint density at radius 3 is 2.62 bits per heavy atom. The van der Waals surface area contributed by atoms with Gasteiger partial charge in [-0.2, -0.15) is 0 Å². The van der Waals surface area contributed by atoms with E-state index in [1.54, 1.807) is 12.1 Å². The Morgan fingerprint density at radius 1 is 1.38 bits per heavy atom. The lowest BCUT2D eigenvalue weighted by Crippen LogP contribution is -2.16. The van der Waals surface area contributed by atoms with Crippen LogP contribution in [0.25, 0.3) is 0 Å². The van der Waals surface area contributed by atoms with Gasteiger partial charge in [-0.15, -0.1) is 0 Å². The molecule has 1 amide bonds. The van der Waals surface area contributed by atoms with E-state index in [4.69, 9.17) is 0 Å². The zero-order chi connectivity index (χ0) is 11.5. The minimum atomic E-state index is -0.0648. The van der Waals surface area contributed by atoms with Gasteiger partial charge in [0.1, 0.15) is 0 Å². The van der Waals surface area contributed by atoms with Crippen molar-refractivity contribution >= 4 is 11.7 Å². The van der Waals surface area contributed by atoms with Crippen molar-refractivity contribution in [3.8, 4) is 0 Å². The average Bonchev–Trinajstić information content (AvgIpc) is 2.59. The molecule has 1 atom stereocenters. The highest BCUT2D eigenvalue weighted by Gasteiger charge is 2.23. The summed E-state index contributed by atoms with van der Waals surface area (Å²) >= 11 is 0. The Bertz CT molecular complexity index is 448. The summed E-state index contributed by atoms with van der Waals surface area (Å²) in [6, 6.07) is 9.03. The van der Waals surface area contributed by atoms with E-state index in [0.717, 1.165) is 0 Å². The molecule has 1 aliphatic heterocycles. The van der Waals surface area contributed by atoms with Crippen molar-refractivity contribution < 1.29 is 9.59 Å². The minimum Gasteiger partial charge on any atom is -0.329 e. The second-order valence-corrected chi connectivity index (χ2v) is 3.99. The third-order valence-corrected chi connectivity index (χ3v) is 2.62. The zero-order valence-electron chi connectivity index (χ0n) is 9.07. The fourth-order valence-corrected chi connectivity index (χ4v) is 1.69. The molecule has 2 rings (SSSR count). The molecule has 0 aromatic heterocycles. The van der Waals surface area contributed by atoms with Crippen LogP contribution in [0, 0.1) is 5.92 Å². The molecular formula is C13H13NO2. The van der Waals surface area contributed by atoms with Crippen LogP contribution >= 0.6 is 0 Å². The number of allylic oxidation sites excluding steroid dienone is 2. The van der Waals surface area contributed by atoms with Crippen LogP contribution in [0.2, 0.25) is 0 Å². The number of hydrogen-bond acceptors (Lipinski definition) is 2. The first-order valence-corrected chi connectivity index (χ1v) is 5.27. The van der Waals surface area contributed by atoms with Gasteiger partial charge < -0.3 is 5.32 Å². The lowest BCUT2D eigenvalue weighted by Gasteiger charge is -1.97. The lowest BCUT2D eigenvalue weighted by atomic mass is 10.1. The molecule has 0 radical (unpaired) electrons. The SMILES string of the molecule is CC1C/C(=C\C(=O)c2ccccc2)NC1=O. The van der Waals surface area contributed by atoms with Crippen molar-refractivity contribution in [1.82, 2.24) is 5.32 Å². The summed E-state index contributed by atoms with van der Waals surface area (Å²) in [6.45, 7) is 1.85. The van der Waals surface area contributed by atoms with Crippen LogP contribution in [0.4, 0.5) is 0 Å². The Labute approximate surface area is 94.2 Å². The Hall–Kier alpha value is -1.90. The Morgan fingerprint density at radius 2 is 2.06 bits per heavy atom. The van der Waals surface area contributed by atoms with Gasteiger partial charge in [0.15, 0.2) is 5.78 Å². The van der Waals surface area contributed by atoms with Gasteiger partial charge in [0.05, 0.1) is 0 Å². The predicted octanol–water partition coefficient (Wildman–Crippen LogP) is 1.91. The molecule has 1 aromatic carbocycles. The van der Waals surface area contributed by atoms with Crippen LogP contribution in [-0.2, 0) is 4.79 Å².